The third-order valence-corrected chi connectivity index (χ3v) is 2.41. The summed E-state index contributed by atoms with van der Waals surface area (Å²) in [5.41, 5.74) is 1.40. The molecular formula is C13H12F2N2O. The number of benzene rings is 1. The Morgan fingerprint density at radius 1 is 1.22 bits per heavy atom. The summed E-state index contributed by atoms with van der Waals surface area (Å²) in [6.45, 7) is 0.402. The average Bonchev–Trinajstić information content (AvgIpc) is 2.38. The summed E-state index contributed by atoms with van der Waals surface area (Å²) >= 11 is 0. The molecule has 0 saturated carbocycles. The second-order valence-corrected chi connectivity index (χ2v) is 3.71. The maximum absolute atomic E-state index is 13.2. The van der Waals surface area contributed by atoms with Gasteiger partial charge in [-0.25, -0.2) is 8.78 Å². The highest BCUT2D eigenvalue weighted by Gasteiger charge is 2.03. The quantitative estimate of drug-likeness (QED) is 0.905. The van der Waals surface area contributed by atoms with Crippen LogP contribution in [0, 0.1) is 11.6 Å². The topological polar surface area (TPSA) is 34.1 Å². The van der Waals surface area contributed by atoms with Crippen LogP contribution in [-0.2, 0) is 6.54 Å². The molecule has 0 fully saturated rings. The normalized spacial score (nSPS) is 10.2. The lowest BCUT2D eigenvalue weighted by atomic mass is 10.2. The third kappa shape index (κ3) is 2.94. The van der Waals surface area contributed by atoms with Gasteiger partial charge in [-0.05, 0) is 23.8 Å². The number of aromatic nitrogens is 1. The Hall–Kier alpha value is -2.17. The molecule has 5 heteroatoms. The molecule has 0 aliphatic heterocycles. The molecule has 1 heterocycles. The fraction of sp³-hybridized carbons (Fsp3) is 0.154. The largest absolute Gasteiger partial charge is 0.494 e. The van der Waals surface area contributed by atoms with Crippen molar-refractivity contribution in [2.45, 2.75) is 6.54 Å². The lowest BCUT2D eigenvalue weighted by Gasteiger charge is -2.08. The number of pyridine rings is 1. The van der Waals surface area contributed by atoms with E-state index in [4.69, 9.17) is 4.74 Å². The highest BCUT2D eigenvalue weighted by atomic mass is 19.1. The lowest BCUT2D eigenvalue weighted by Crippen LogP contribution is -2.01. The van der Waals surface area contributed by atoms with Crippen molar-refractivity contribution < 1.29 is 13.5 Å². The van der Waals surface area contributed by atoms with Crippen molar-refractivity contribution in [1.29, 1.82) is 0 Å². The number of nitrogens with zero attached hydrogens (tertiary/aromatic N) is 1. The van der Waals surface area contributed by atoms with Gasteiger partial charge in [0.1, 0.15) is 5.82 Å². The van der Waals surface area contributed by atoms with Gasteiger partial charge < -0.3 is 10.1 Å². The number of halogens is 2. The van der Waals surface area contributed by atoms with Crippen molar-refractivity contribution >= 4 is 5.69 Å². The zero-order valence-electron chi connectivity index (χ0n) is 9.78. The van der Waals surface area contributed by atoms with Crippen LogP contribution in [-0.4, -0.2) is 12.1 Å². The van der Waals surface area contributed by atoms with E-state index in [-0.39, 0.29) is 11.6 Å². The van der Waals surface area contributed by atoms with Crippen molar-refractivity contribution in [3.05, 3.63) is 53.9 Å². The van der Waals surface area contributed by atoms with E-state index in [1.54, 1.807) is 18.3 Å². The standard InChI is InChI=1S/C13H12F2N2O/c1-18-13-5-11(2-3-12(13)15)17-7-9-4-10(14)8-16-6-9/h2-6,8,17H,7H2,1H3. The van der Waals surface area contributed by atoms with Gasteiger partial charge >= 0.3 is 0 Å². The maximum atomic E-state index is 13.2. The summed E-state index contributed by atoms with van der Waals surface area (Å²) in [6.07, 6.45) is 2.71. The van der Waals surface area contributed by atoms with Crippen molar-refractivity contribution in [1.82, 2.24) is 4.98 Å². The molecule has 0 amide bonds. The Balaban J connectivity index is 2.06. The lowest BCUT2D eigenvalue weighted by molar-refractivity contribution is 0.387. The second-order valence-electron chi connectivity index (χ2n) is 3.71. The molecule has 0 unspecified atom stereocenters. The van der Waals surface area contributed by atoms with Crippen molar-refractivity contribution in [3.63, 3.8) is 0 Å². The van der Waals surface area contributed by atoms with Gasteiger partial charge in [-0.3, -0.25) is 4.98 Å². The van der Waals surface area contributed by atoms with Gasteiger partial charge in [0.15, 0.2) is 11.6 Å². The van der Waals surface area contributed by atoms with Crippen LogP contribution in [0.4, 0.5) is 14.5 Å². The van der Waals surface area contributed by atoms with Gasteiger partial charge in [0.05, 0.1) is 13.3 Å². The van der Waals surface area contributed by atoms with Crippen molar-refractivity contribution in [2.75, 3.05) is 12.4 Å². The Bertz CT molecular complexity index is 546. The Morgan fingerprint density at radius 2 is 2.06 bits per heavy atom. The number of hydrogen-bond donors (Lipinski definition) is 1. The SMILES string of the molecule is COc1cc(NCc2cncc(F)c2)ccc1F. The van der Waals surface area contributed by atoms with Crippen molar-refractivity contribution in [3.8, 4) is 5.75 Å². The summed E-state index contributed by atoms with van der Waals surface area (Å²) in [5.74, 6) is -0.640. The fourth-order valence-corrected chi connectivity index (χ4v) is 1.53. The molecule has 0 radical (unpaired) electrons. The molecule has 1 aromatic carbocycles. The van der Waals surface area contributed by atoms with E-state index >= 15 is 0 Å². The molecule has 0 aliphatic rings. The first-order valence-corrected chi connectivity index (χ1v) is 5.36. The minimum absolute atomic E-state index is 0.164. The van der Waals surface area contributed by atoms with Crippen LogP contribution in [0.25, 0.3) is 0 Å². The first kappa shape index (κ1) is 12.3. The number of hydrogen-bond acceptors (Lipinski definition) is 3. The first-order chi connectivity index (χ1) is 8.69. The van der Waals surface area contributed by atoms with Gasteiger partial charge in [-0.1, -0.05) is 0 Å². The zero-order chi connectivity index (χ0) is 13.0. The molecular weight excluding hydrogens is 238 g/mol. The van der Waals surface area contributed by atoms with E-state index in [0.29, 0.717) is 17.8 Å². The molecule has 0 saturated heterocycles. The summed E-state index contributed by atoms with van der Waals surface area (Å²) < 4.78 is 30.9. The number of methoxy groups -OCH3 is 1. The van der Waals surface area contributed by atoms with Crippen LogP contribution in [0.3, 0.4) is 0 Å². The van der Waals surface area contributed by atoms with Crippen molar-refractivity contribution in [2.24, 2.45) is 0 Å². The summed E-state index contributed by atoms with van der Waals surface area (Å²) in [5, 5.41) is 3.04. The first-order valence-electron chi connectivity index (χ1n) is 5.36. The van der Waals surface area contributed by atoms with E-state index in [2.05, 4.69) is 10.3 Å². The molecule has 94 valence electrons. The highest BCUT2D eigenvalue weighted by molar-refractivity contribution is 5.49. The van der Waals surface area contributed by atoms with Crippen LogP contribution < -0.4 is 10.1 Å². The highest BCUT2D eigenvalue weighted by Crippen LogP contribution is 2.21. The molecule has 18 heavy (non-hydrogen) atoms. The molecule has 0 atom stereocenters. The van der Waals surface area contributed by atoms with Crippen LogP contribution in [0.5, 0.6) is 5.75 Å². The predicted octanol–water partition coefficient (Wildman–Crippen LogP) is 2.98. The van der Waals surface area contributed by atoms with Gasteiger partial charge in [0, 0.05) is 24.5 Å². The minimum Gasteiger partial charge on any atom is -0.494 e. The van der Waals surface area contributed by atoms with E-state index in [1.807, 2.05) is 0 Å². The van der Waals surface area contributed by atoms with Gasteiger partial charge in [0.25, 0.3) is 0 Å². The molecule has 0 aliphatic carbocycles. The van der Waals surface area contributed by atoms with Crippen LogP contribution in [0.15, 0.2) is 36.7 Å². The maximum Gasteiger partial charge on any atom is 0.165 e. The zero-order valence-corrected chi connectivity index (χ0v) is 9.78. The van der Waals surface area contributed by atoms with Gasteiger partial charge in [-0.15, -0.1) is 0 Å². The Labute approximate surface area is 103 Å². The number of ether oxygens (including phenoxy) is 1. The van der Waals surface area contributed by atoms with Crippen LogP contribution in [0.1, 0.15) is 5.56 Å². The van der Waals surface area contributed by atoms with Crippen LogP contribution >= 0.6 is 0 Å². The van der Waals surface area contributed by atoms with E-state index in [9.17, 15) is 8.78 Å². The van der Waals surface area contributed by atoms with E-state index in [0.717, 1.165) is 6.20 Å². The van der Waals surface area contributed by atoms with Gasteiger partial charge in [-0.2, -0.15) is 0 Å². The second kappa shape index (κ2) is 5.44. The number of anilines is 1. The number of nitrogens with one attached hydrogen (secondary N) is 1. The van der Waals surface area contributed by atoms with E-state index < -0.39 is 5.82 Å². The van der Waals surface area contributed by atoms with E-state index in [1.165, 1.54) is 19.2 Å². The fourth-order valence-electron chi connectivity index (χ4n) is 1.53. The summed E-state index contributed by atoms with van der Waals surface area (Å²) in [4.78, 5) is 3.74. The third-order valence-electron chi connectivity index (χ3n) is 2.41. The van der Waals surface area contributed by atoms with Gasteiger partial charge in [0.2, 0.25) is 0 Å². The molecule has 0 bridgehead atoms. The Kier molecular flexibility index (Phi) is 3.72. The number of rotatable bonds is 4. The molecule has 3 nitrogen and oxygen atoms in total. The molecule has 2 aromatic rings. The molecule has 1 N–H and O–H groups in total. The average molecular weight is 250 g/mol. The summed E-state index contributed by atoms with van der Waals surface area (Å²) in [6, 6.07) is 5.83. The van der Waals surface area contributed by atoms with Crippen LogP contribution in [0.2, 0.25) is 0 Å². The predicted molar refractivity (Wildman–Crippen MR) is 64.5 cm³/mol. The Morgan fingerprint density at radius 3 is 2.78 bits per heavy atom. The minimum atomic E-state index is -0.421. The molecule has 1 aromatic heterocycles. The molecule has 0 spiro atoms. The summed E-state index contributed by atoms with van der Waals surface area (Å²) in [7, 11) is 1.40. The smallest absolute Gasteiger partial charge is 0.165 e. The molecule has 2 rings (SSSR count). The monoisotopic (exact) mass is 250 g/mol.